The van der Waals surface area contributed by atoms with Crippen molar-refractivity contribution >= 4 is 11.9 Å². The molecule has 0 saturated carbocycles. The summed E-state index contributed by atoms with van der Waals surface area (Å²) in [6.45, 7) is 2.16. The van der Waals surface area contributed by atoms with Crippen LogP contribution in [0.15, 0.2) is 30.3 Å². The summed E-state index contributed by atoms with van der Waals surface area (Å²) in [6, 6.07) is 9.78. The van der Waals surface area contributed by atoms with E-state index in [-0.39, 0.29) is 11.9 Å². The Bertz CT molecular complexity index is 499. The summed E-state index contributed by atoms with van der Waals surface area (Å²) < 4.78 is 37.0. The van der Waals surface area contributed by atoms with Crippen LogP contribution in [0.3, 0.4) is 0 Å². The lowest BCUT2D eigenvalue weighted by molar-refractivity contribution is -0.192. The second-order valence-corrected chi connectivity index (χ2v) is 4.94. The highest BCUT2D eigenvalue weighted by atomic mass is 19.4. The molecule has 8 heteroatoms. The molecular formula is C15H18F3NO4. The molecule has 2 rings (SSSR count). The second-order valence-electron chi connectivity index (χ2n) is 4.94. The molecule has 0 radical (unpaired) electrons. The van der Waals surface area contributed by atoms with Crippen molar-refractivity contribution in [3.05, 3.63) is 35.9 Å². The summed E-state index contributed by atoms with van der Waals surface area (Å²) in [5.74, 6) is -2.79. The van der Waals surface area contributed by atoms with Gasteiger partial charge in [-0.1, -0.05) is 30.3 Å². The number of carbonyl (C=O) groups excluding carboxylic acids is 1. The maximum atomic E-state index is 11.7. The number of carboxylic acid groups (broad SMARTS) is 1. The van der Waals surface area contributed by atoms with E-state index in [1.165, 1.54) is 0 Å². The van der Waals surface area contributed by atoms with Crippen LogP contribution in [0.25, 0.3) is 0 Å². The highest BCUT2D eigenvalue weighted by Crippen LogP contribution is 2.13. The maximum Gasteiger partial charge on any atom is 0.490 e. The van der Waals surface area contributed by atoms with Crippen molar-refractivity contribution in [2.75, 3.05) is 13.1 Å². The Morgan fingerprint density at radius 1 is 1.26 bits per heavy atom. The van der Waals surface area contributed by atoms with Gasteiger partial charge in [-0.15, -0.1) is 0 Å². The minimum Gasteiger partial charge on any atom is -0.475 e. The van der Waals surface area contributed by atoms with Gasteiger partial charge >= 0.3 is 18.1 Å². The molecule has 1 aromatic carbocycles. The zero-order chi connectivity index (χ0) is 17.3. The third kappa shape index (κ3) is 7.64. The number of rotatable bonds is 3. The maximum absolute atomic E-state index is 11.7. The van der Waals surface area contributed by atoms with Crippen LogP contribution in [0.4, 0.5) is 13.2 Å². The number of carbonyl (C=O) groups is 2. The van der Waals surface area contributed by atoms with Crippen LogP contribution in [0.5, 0.6) is 0 Å². The number of ether oxygens (including phenoxy) is 1. The van der Waals surface area contributed by atoms with E-state index in [4.69, 9.17) is 14.6 Å². The molecule has 2 N–H and O–H groups in total. The first-order valence-corrected chi connectivity index (χ1v) is 7.02. The topological polar surface area (TPSA) is 75.6 Å². The first-order valence-electron chi connectivity index (χ1n) is 7.02. The second kappa shape index (κ2) is 9.14. The number of benzene rings is 1. The fourth-order valence-corrected chi connectivity index (χ4v) is 1.90. The number of halogens is 3. The van der Waals surface area contributed by atoms with Crippen molar-refractivity contribution in [1.82, 2.24) is 5.32 Å². The van der Waals surface area contributed by atoms with Crippen molar-refractivity contribution < 1.29 is 32.6 Å². The Labute approximate surface area is 131 Å². The van der Waals surface area contributed by atoms with E-state index in [2.05, 4.69) is 5.32 Å². The van der Waals surface area contributed by atoms with Crippen molar-refractivity contribution in [2.24, 2.45) is 5.92 Å². The third-order valence-electron chi connectivity index (χ3n) is 3.10. The van der Waals surface area contributed by atoms with Crippen molar-refractivity contribution in [2.45, 2.75) is 25.6 Å². The number of hydrogen-bond acceptors (Lipinski definition) is 4. The molecule has 5 nitrogen and oxygen atoms in total. The molecule has 1 heterocycles. The van der Waals surface area contributed by atoms with Crippen LogP contribution in [-0.2, 0) is 20.9 Å². The van der Waals surface area contributed by atoms with Crippen LogP contribution < -0.4 is 5.32 Å². The molecule has 1 atom stereocenters. The summed E-state index contributed by atoms with van der Waals surface area (Å²) >= 11 is 0. The molecule has 23 heavy (non-hydrogen) atoms. The predicted molar refractivity (Wildman–Crippen MR) is 75.5 cm³/mol. The van der Waals surface area contributed by atoms with Crippen LogP contribution in [-0.4, -0.2) is 36.3 Å². The van der Waals surface area contributed by atoms with Gasteiger partial charge in [-0.25, -0.2) is 4.79 Å². The zero-order valence-electron chi connectivity index (χ0n) is 12.3. The van der Waals surface area contributed by atoms with E-state index >= 15 is 0 Å². The molecule has 0 aromatic heterocycles. The van der Waals surface area contributed by atoms with Crippen LogP contribution in [0, 0.1) is 5.92 Å². The minimum absolute atomic E-state index is 0.0393. The number of esters is 1. The quantitative estimate of drug-likeness (QED) is 0.831. The van der Waals surface area contributed by atoms with Gasteiger partial charge in [0.15, 0.2) is 0 Å². The number of hydrogen-bond donors (Lipinski definition) is 2. The Morgan fingerprint density at radius 2 is 1.87 bits per heavy atom. The Hall–Kier alpha value is -2.09. The van der Waals surface area contributed by atoms with Crippen molar-refractivity contribution in [3.63, 3.8) is 0 Å². The van der Waals surface area contributed by atoms with E-state index in [9.17, 15) is 18.0 Å². The van der Waals surface area contributed by atoms with Gasteiger partial charge < -0.3 is 15.2 Å². The standard InChI is InChI=1S/C13H17NO2.C2HF3O2/c15-13(12-7-4-8-14-9-12)16-10-11-5-2-1-3-6-11;3-2(4,5)1(6)7/h1-3,5-6,12,14H,4,7-10H2;(H,6,7). The van der Waals surface area contributed by atoms with Gasteiger partial charge in [0, 0.05) is 6.54 Å². The molecule has 0 spiro atoms. The summed E-state index contributed by atoms with van der Waals surface area (Å²) in [6.07, 6.45) is -3.08. The lowest BCUT2D eigenvalue weighted by atomic mass is 10.0. The van der Waals surface area contributed by atoms with E-state index in [0.29, 0.717) is 6.61 Å². The Morgan fingerprint density at radius 3 is 2.35 bits per heavy atom. The normalized spacial score (nSPS) is 17.6. The minimum atomic E-state index is -5.08. The first-order chi connectivity index (χ1) is 10.8. The highest BCUT2D eigenvalue weighted by Gasteiger charge is 2.38. The van der Waals surface area contributed by atoms with Crippen molar-refractivity contribution in [3.8, 4) is 0 Å². The fraction of sp³-hybridized carbons (Fsp3) is 0.467. The zero-order valence-corrected chi connectivity index (χ0v) is 12.3. The van der Waals surface area contributed by atoms with E-state index in [1.807, 2.05) is 30.3 Å². The monoisotopic (exact) mass is 333 g/mol. The van der Waals surface area contributed by atoms with E-state index in [0.717, 1.165) is 31.5 Å². The summed E-state index contributed by atoms with van der Waals surface area (Å²) in [4.78, 5) is 20.6. The van der Waals surface area contributed by atoms with Gasteiger partial charge in [0.1, 0.15) is 6.61 Å². The summed E-state index contributed by atoms with van der Waals surface area (Å²) in [5, 5.41) is 10.3. The van der Waals surface area contributed by atoms with Gasteiger partial charge in [0.25, 0.3) is 0 Å². The number of aliphatic carboxylic acids is 1. The molecule has 1 aromatic rings. The van der Waals surface area contributed by atoms with Gasteiger partial charge in [-0.05, 0) is 24.9 Å². The molecule has 128 valence electrons. The van der Waals surface area contributed by atoms with Gasteiger partial charge in [-0.2, -0.15) is 13.2 Å². The van der Waals surface area contributed by atoms with Gasteiger partial charge in [0.2, 0.25) is 0 Å². The van der Waals surface area contributed by atoms with Gasteiger partial charge in [0.05, 0.1) is 5.92 Å². The number of piperidine rings is 1. The molecule has 1 saturated heterocycles. The average molecular weight is 333 g/mol. The summed E-state index contributed by atoms with van der Waals surface area (Å²) in [7, 11) is 0. The highest BCUT2D eigenvalue weighted by molar-refractivity contribution is 5.73. The Kier molecular flexibility index (Phi) is 7.53. The number of carboxylic acids is 1. The number of nitrogens with one attached hydrogen (secondary N) is 1. The largest absolute Gasteiger partial charge is 0.490 e. The Balaban J connectivity index is 0.000000322. The molecule has 0 bridgehead atoms. The number of alkyl halides is 3. The van der Waals surface area contributed by atoms with Crippen LogP contribution >= 0.6 is 0 Å². The average Bonchev–Trinajstić information content (AvgIpc) is 2.54. The van der Waals surface area contributed by atoms with E-state index < -0.39 is 12.1 Å². The lowest BCUT2D eigenvalue weighted by Gasteiger charge is -2.21. The fourth-order valence-electron chi connectivity index (χ4n) is 1.90. The summed E-state index contributed by atoms with van der Waals surface area (Å²) in [5.41, 5.74) is 1.04. The first kappa shape index (κ1) is 19.0. The van der Waals surface area contributed by atoms with E-state index in [1.54, 1.807) is 0 Å². The molecule has 1 fully saturated rings. The SMILES string of the molecule is O=C(O)C(F)(F)F.O=C(OCc1ccccc1)C1CCCNC1. The van der Waals surface area contributed by atoms with Crippen molar-refractivity contribution in [1.29, 1.82) is 0 Å². The van der Waals surface area contributed by atoms with Crippen LogP contribution in [0.1, 0.15) is 18.4 Å². The lowest BCUT2D eigenvalue weighted by Crippen LogP contribution is -2.35. The predicted octanol–water partition coefficient (Wildman–Crippen LogP) is 2.36. The molecule has 1 unspecified atom stereocenters. The molecule has 0 aliphatic carbocycles. The van der Waals surface area contributed by atoms with Crippen LogP contribution in [0.2, 0.25) is 0 Å². The third-order valence-corrected chi connectivity index (χ3v) is 3.10. The molecule has 1 aliphatic heterocycles. The molecular weight excluding hydrogens is 315 g/mol. The van der Waals surface area contributed by atoms with Gasteiger partial charge in [-0.3, -0.25) is 4.79 Å². The molecule has 1 aliphatic rings. The smallest absolute Gasteiger partial charge is 0.475 e. The molecule has 0 amide bonds.